The lowest BCUT2D eigenvalue weighted by atomic mass is 10.3. The van der Waals surface area contributed by atoms with E-state index < -0.39 is 0 Å². The molecule has 0 bridgehead atoms. The Kier molecular flexibility index (Phi) is 8.62. The standard InChI is InChI=1S/C12H22S4/c1-11(2,3)15-13-9-7-8-10-14-16-12(4,5)6/h7,9H2,1-6H3. The Bertz CT molecular complexity index is 236. The van der Waals surface area contributed by atoms with Gasteiger partial charge in [0.25, 0.3) is 0 Å². The van der Waals surface area contributed by atoms with E-state index in [1.54, 1.807) is 10.8 Å². The maximum Gasteiger partial charge on any atom is 0.0197 e. The summed E-state index contributed by atoms with van der Waals surface area (Å²) in [5, 5.41) is 3.15. The Morgan fingerprint density at radius 1 is 0.875 bits per heavy atom. The van der Waals surface area contributed by atoms with Crippen LogP contribution in [0.5, 0.6) is 0 Å². The Hall–Kier alpha value is 0.960. The smallest absolute Gasteiger partial charge is 0.0197 e. The van der Waals surface area contributed by atoms with E-state index in [1.165, 1.54) is 0 Å². The summed E-state index contributed by atoms with van der Waals surface area (Å²) in [5.74, 6) is 4.32. The van der Waals surface area contributed by atoms with Crippen molar-refractivity contribution in [2.75, 3.05) is 5.75 Å². The summed E-state index contributed by atoms with van der Waals surface area (Å²) < 4.78 is 0.658. The van der Waals surface area contributed by atoms with Gasteiger partial charge in [0.1, 0.15) is 0 Å². The zero-order valence-corrected chi connectivity index (χ0v) is 14.3. The van der Waals surface area contributed by atoms with Gasteiger partial charge in [-0.3, -0.25) is 0 Å². The van der Waals surface area contributed by atoms with Crippen LogP contribution < -0.4 is 0 Å². The Morgan fingerprint density at radius 3 is 1.94 bits per heavy atom. The molecule has 0 aliphatic carbocycles. The second-order valence-corrected chi connectivity index (χ2v) is 11.3. The Balaban J connectivity index is 3.43. The van der Waals surface area contributed by atoms with Gasteiger partial charge in [0.05, 0.1) is 0 Å². The third-order valence-electron chi connectivity index (χ3n) is 1.02. The van der Waals surface area contributed by atoms with Gasteiger partial charge in [0.15, 0.2) is 0 Å². The van der Waals surface area contributed by atoms with Crippen LogP contribution in [0.1, 0.15) is 48.0 Å². The van der Waals surface area contributed by atoms with Gasteiger partial charge in [-0.25, -0.2) is 0 Å². The molecule has 0 saturated carbocycles. The highest BCUT2D eigenvalue weighted by Crippen LogP contribution is 2.35. The molecule has 0 aromatic heterocycles. The zero-order chi connectivity index (χ0) is 12.7. The molecule has 0 heterocycles. The average Bonchev–Trinajstić information content (AvgIpc) is 2.06. The minimum absolute atomic E-state index is 0.302. The second-order valence-electron chi connectivity index (χ2n) is 5.33. The van der Waals surface area contributed by atoms with Crippen LogP contribution in [0.4, 0.5) is 0 Å². The van der Waals surface area contributed by atoms with Crippen LogP contribution in [0.15, 0.2) is 0 Å². The molecule has 0 aliphatic heterocycles. The van der Waals surface area contributed by atoms with Crippen molar-refractivity contribution >= 4 is 43.2 Å². The van der Waals surface area contributed by atoms with E-state index in [1.807, 2.05) is 32.4 Å². The number of hydrogen-bond acceptors (Lipinski definition) is 4. The summed E-state index contributed by atoms with van der Waals surface area (Å²) in [4.78, 5) is 0. The van der Waals surface area contributed by atoms with Gasteiger partial charge in [0.2, 0.25) is 0 Å². The van der Waals surface area contributed by atoms with Crippen LogP contribution in [-0.2, 0) is 0 Å². The molecule has 0 amide bonds. The molecule has 16 heavy (non-hydrogen) atoms. The minimum Gasteiger partial charge on any atom is -0.0926 e. The summed E-state index contributed by atoms with van der Waals surface area (Å²) in [7, 11) is 7.36. The summed E-state index contributed by atoms with van der Waals surface area (Å²) >= 11 is 0. The molecule has 0 fully saturated rings. The topological polar surface area (TPSA) is 0 Å². The fourth-order valence-electron chi connectivity index (χ4n) is 0.537. The van der Waals surface area contributed by atoms with Gasteiger partial charge in [-0.1, -0.05) is 79.8 Å². The van der Waals surface area contributed by atoms with E-state index in [4.69, 9.17) is 0 Å². The first-order valence-electron chi connectivity index (χ1n) is 5.34. The van der Waals surface area contributed by atoms with E-state index >= 15 is 0 Å². The normalized spacial score (nSPS) is 12.1. The lowest BCUT2D eigenvalue weighted by molar-refractivity contribution is 0.810. The van der Waals surface area contributed by atoms with Crippen LogP contribution >= 0.6 is 43.2 Å². The predicted octanol–water partition coefficient (Wildman–Crippen LogP) is 5.70. The van der Waals surface area contributed by atoms with Crippen molar-refractivity contribution in [1.29, 1.82) is 0 Å². The molecule has 0 unspecified atom stereocenters. The average molecular weight is 295 g/mol. The quantitative estimate of drug-likeness (QED) is 0.370. The van der Waals surface area contributed by atoms with Crippen molar-refractivity contribution in [2.24, 2.45) is 0 Å². The van der Waals surface area contributed by atoms with Gasteiger partial charge in [0, 0.05) is 21.7 Å². The van der Waals surface area contributed by atoms with E-state index in [0.29, 0.717) is 9.49 Å². The summed E-state index contributed by atoms with van der Waals surface area (Å²) in [6.45, 7) is 13.4. The van der Waals surface area contributed by atoms with Crippen LogP contribution in [0.3, 0.4) is 0 Å². The maximum atomic E-state index is 3.20. The first-order chi connectivity index (χ1) is 7.21. The fourth-order valence-corrected chi connectivity index (χ4v) is 4.22. The van der Waals surface area contributed by atoms with Gasteiger partial charge in [-0.05, 0) is 16.0 Å². The van der Waals surface area contributed by atoms with Crippen molar-refractivity contribution in [3.05, 3.63) is 0 Å². The zero-order valence-electron chi connectivity index (χ0n) is 11.0. The molecule has 4 heteroatoms. The number of rotatable bonds is 4. The fraction of sp³-hybridized carbons (Fsp3) is 0.833. The lowest BCUT2D eigenvalue weighted by Gasteiger charge is -2.15. The third-order valence-corrected chi connectivity index (χ3v) is 7.18. The molecule has 0 atom stereocenters. The molecule has 0 aromatic carbocycles. The summed E-state index contributed by atoms with van der Waals surface area (Å²) in [6, 6.07) is 0. The van der Waals surface area contributed by atoms with E-state index in [0.717, 1.165) is 12.2 Å². The highest BCUT2D eigenvalue weighted by molar-refractivity contribution is 8.79. The highest BCUT2D eigenvalue weighted by Gasteiger charge is 2.10. The first kappa shape index (κ1) is 17.0. The largest absolute Gasteiger partial charge is 0.0926 e. The molecular weight excluding hydrogens is 272 g/mol. The van der Waals surface area contributed by atoms with E-state index in [9.17, 15) is 0 Å². The van der Waals surface area contributed by atoms with Gasteiger partial charge >= 0.3 is 0 Å². The molecule has 0 nitrogen and oxygen atoms in total. The summed E-state index contributed by atoms with van der Waals surface area (Å²) in [5.41, 5.74) is 0. The van der Waals surface area contributed by atoms with E-state index in [-0.39, 0.29) is 0 Å². The second kappa shape index (κ2) is 8.13. The van der Waals surface area contributed by atoms with E-state index in [2.05, 4.69) is 52.7 Å². The summed E-state index contributed by atoms with van der Waals surface area (Å²) in [6.07, 6.45) is 0.992. The van der Waals surface area contributed by atoms with Crippen LogP contribution in [0.25, 0.3) is 0 Å². The first-order valence-corrected chi connectivity index (χ1v) is 9.81. The molecule has 0 rings (SSSR count). The van der Waals surface area contributed by atoms with Crippen molar-refractivity contribution in [3.8, 4) is 11.2 Å². The van der Waals surface area contributed by atoms with Crippen LogP contribution in [0, 0.1) is 11.2 Å². The van der Waals surface area contributed by atoms with Gasteiger partial charge in [-0.2, -0.15) is 0 Å². The lowest BCUT2D eigenvalue weighted by Crippen LogP contribution is -2.04. The van der Waals surface area contributed by atoms with Gasteiger partial charge in [-0.15, -0.1) is 0 Å². The SMILES string of the molecule is CC(C)(C)SSC#CCCSSC(C)(C)C. The van der Waals surface area contributed by atoms with Crippen molar-refractivity contribution < 1.29 is 0 Å². The molecule has 0 aromatic rings. The van der Waals surface area contributed by atoms with Crippen molar-refractivity contribution in [1.82, 2.24) is 0 Å². The Morgan fingerprint density at radius 2 is 1.44 bits per heavy atom. The molecule has 94 valence electrons. The maximum absolute atomic E-state index is 3.20. The van der Waals surface area contributed by atoms with Crippen molar-refractivity contribution in [2.45, 2.75) is 57.5 Å². The number of hydrogen-bond donors (Lipinski definition) is 0. The molecule has 0 N–H and O–H groups in total. The highest BCUT2D eigenvalue weighted by atomic mass is 33.1. The predicted molar refractivity (Wildman–Crippen MR) is 87.1 cm³/mol. The minimum atomic E-state index is 0.302. The molecule has 0 spiro atoms. The van der Waals surface area contributed by atoms with Crippen molar-refractivity contribution in [3.63, 3.8) is 0 Å². The van der Waals surface area contributed by atoms with Gasteiger partial charge < -0.3 is 0 Å². The third kappa shape index (κ3) is 15.0. The molecule has 0 aliphatic rings. The van der Waals surface area contributed by atoms with Crippen LogP contribution in [0.2, 0.25) is 0 Å². The monoisotopic (exact) mass is 294 g/mol. The Labute approximate surface area is 117 Å². The molecule has 0 radical (unpaired) electrons. The van der Waals surface area contributed by atoms with Crippen LogP contribution in [-0.4, -0.2) is 15.2 Å². The molecular formula is C12H22S4. The molecule has 0 saturated heterocycles.